The van der Waals surface area contributed by atoms with Crippen LogP contribution in [0.2, 0.25) is 0 Å². The van der Waals surface area contributed by atoms with Gasteiger partial charge in [0, 0.05) is 26.2 Å². The predicted molar refractivity (Wildman–Crippen MR) is 93.4 cm³/mol. The number of carbonyl (C=O) groups is 2. The Morgan fingerprint density at radius 3 is 2.52 bits per heavy atom. The lowest BCUT2D eigenvalue weighted by Gasteiger charge is -2.34. The molecule has 6 heteroatoms. The molecular formula is C19H26FN3O2. The third-order valence-electron chi connectivity index (χ3n) is 5.50. The summed E-state index contributed by atoms with van der Waals surface area (Å²) >= 11 is 0. The van der Waals surface area contributed by atoms with Crippen molar-refractivity contribution in [3.8, 4) is 0 Å². The first-order chi connectivity index (χ1) is 12.0. The van der Waals surface area contributed by atoms with Gasteiger partial charge in [-0.2, -0.15) is 0 Å². The average Bonchev–Trinajstić information content (AvgIpc) is 2.97. The van der Waals surface area contributed by atoms with E-state index in [4.69, 9.17) is 5.73 Å². The van der Waals surface area contributed by atoms with Crippen molar-refractivity contribution in [3.63, 3.8) is 0 Å². The van der Waals surface area contributed by atoms with E-state index in [2.05, 4.69) is 0 Å². The van der Waals surface area contributed by atoms with Crippen LogP contribution in [0.15, 0.2) is 24.3 Å². The van der Waals surface area contributed by atoms with Gasteiger partial charge >= 0.3 is 0 Å². The van der Waals surface area contributed by atoms with Crippen LogP contribution in [0.3, 0.4) is 0 Å². The summed E-state index contributed by atoms with van der Waals surface area (Å²) in [5, 5.41) is 0. The van der Waals surface area contributed by atoms with E-state index < -0.39 is 5.41 Å². The van der Waals surface area contributed by atoms with Crippen molar-refractivity contribution in [1.29, 1.82) is 0 Å². The molecule has 2 fully saturated rings. The fourth-order valence-corrected chi connectivity index (χ4v) is 4.25. The van der Waals surface area contributed by atoms with Gasteiger partial charge in [-0.1, -0.05) is 25.0 Å². The number of primary amides is 1. The first kappa shape index (κ1) is 17.9. The number of nitrogens with two attached hydrogens (primary N) is 1. The molecule has 2 N–H and O–H groups in total. The number of nitrogens with zero attached hydrogens (tertiary/aromatic N) is 2. The van der Waals surface area contributed by atoms with Gasteiger partial charge in [0.2, 0.25) is 11.8 Å². The second kappa shape index (κ2) is 7.52. The molecule has 1 saturated heterocycles. The van der Waals surface area contributed by atoms with Crippen LogP contribution in [0.25, 0.3) is 0 Å². The molecule has 25 heavy (non-hydrogen) atoms. The Morgan fingerprint density at radius 2 is 1.84 bits per heavy atom. The molecule has 3 rings (SSSR count). The maximum Gasteiger partial charge on any atom is 0.233 e. The van der Waals surface area contributed by atoms with E-state index in [1.807, 2.05) is 15.9 Å². The van der Waals surface area contributed by atoms with E-state index in [0.29, 0.717) is 19.6 Å². The fraction of sp³-hybridized carbons (Fsp3) is 0.579. The number of hydrogen-bond donors (Lipinski definition) is 1. The highest BCUT2D eigenvalue weighted by molar-refractivity contribution is 5.88. The molecule has 5 nitrogen and oxygen atoms in total. The molecule has 1 aliphatic carbocycles. The molecule has 136 valence electrons. The fourth-order valence-electron chi connectivity index (χ4n) is 4.25. The molecule has 0 bridgehead atoms. The summed E-state index contributed by atoms with van der Waals surface area (Å²) in [6.45, 7) is 2.90. The molecule has 1 heterocycles. The van der Waals surface area contributed by atoms with E-state index in [1.165, 1.54) is 12.1 Å². The normalized spacial score (nSPS) is 21.1. The SMILES string of the molecule is NC(=O)CN1CCCN(C(=O)C2(c3cccc(F)c3)CCCC2)CC1. The van der Waals surface area contributed by atoms with Gasteiger partial charge in [0.05, 0.1) is 12.0 Å². The van der Waals surface area contributed by atoms with Crippen LogP contribution in [0, 0.1) is 5.82 Å². The quantitative estimate of drug-likeness (QED) is 0.901. The highest BCUT2D eigenvalue weighted by atomic mass is 19.1. The van der Waals surface area contributed by atoms with Crippen LogP contribution in [-0.4, -0.2) is 54.3 Å². The topological polar surface area (TPSA) is 66.6 Å². The third kappa shape index (κ3) is 3.84. The van der Waals surface area contributed by atoms with E-state index in [9.17, 15) is 14.0 Å². The van der Waals surface area contributed by atoms with E-state index in [0.717, 1.165) is 44.2 Å². The molecule has 1 aliphatic heterocycles. The minimum Gasteiger partial charge on any atom is -0.369 e. The monoisotopic (exact) mass is 347 g/mol. The maximum atomic E-state index is 13.8. The summed E-state index contributed by atoms with van der Waals surface area (Å²) in [7, 11) is 0. The minimum absolute atomic E-state index is 0.108. The molecule has 1 aromatic rings. The zero-order valence-electron chi connectivity index (χ0n) is 14.5. The number of halogens is 1. The van der Waals surface area contributed by atoms with Crippen molar-refractivity contribution in [2.24, 2.45) is 5.73 Å². The molecule has 0 spiro atoms. The van der Waals surface area contributed by atoms with Crippen molar-refractivity contribution >= 4 is 11.8 Å². The summed E-state index contributed by atoms with van der Waals surface area (Å²) in [5.41, 5.74) is 5.49. The van der Waals surface area contributed by atoms with Gasteiger partial charge in [0.1, 0.15) is 5.82 Å². The molecular weight excluding hydrogens is 321 g/mol. The Bertz CT molecular complexity index is 643. The largest absolute Gasteiger partial charge is 0.369 e. The van der Waals surface area contributed by atoms with Crippen molar-refractivity contribution in [2.75, 3.05) is 32.7 Å². The lowest BCUT2D eigenvalue weighted by atomic mass is 9.77. The molecule has 2 amide bonds. The predicted octanol–water partition coefficient (Wildman–Crippen LogP) is 1.66. The first-order valence-electron chi connectivity index (χ1n) is 9.07. The van der Waals surface area contributed by atoms with Crippen LogP contribution >= 0.6 is 0 Å². The Labute approximate surface area is 148 Å². The second-order valence-electron chi connectivity index (χ2n) is 7.19. The van der Waals surface area contributed by atoms with E-state index >= 15 is 0 Å². The Hall–Kier alpha value is -1.95. The molecule has 0 unspecified atom stereocenters. The van der Waals surface area contributed by atoms with Crippen LogP contribution < -0.4 is 5.73 Å². The van der Waals surface area contributed by atoms with E-state index in [1.54, 1.807) is 6.07 Å². The lowest BCUT2D eigenvalue weighted by molar-refractivity contribution is -0.137. The second-order valence-corrected chi connectivity index (χ2v) is 7.19. The van der Waals surface area contributed by atoms with Crippen LogP contribution in [0.1, 0.15) is 37.7 Å². The first-order valence-corrected chi connectivity index (χ1v) is 9.07. The van der Waals surface area contributed by atoms with Crippen LogP contribution in [0.4, 0.5) is 4.39 Å². The van der Waals surface area contributed by atoms with Gasteiger partial charge in [-0.25, -0.2) is 4.39 Å². The van der Waals surface area contributed by atoms with Crippen LogP contribution in [0.5, 0.6) is 0 Å². The summed E-state index contributed by atoms with van der Waals surface area (Å²) in [6.07, 6.45) is 4.35. The number of benzene rings is 1. The Morgan fingerprint density at radius 1 is 1.08 bits per heavy atom. The van der Waals surface area contributed by atoms with E-state index in [-0.39, 0.29) is 24.2 Å². The number of hydrogen-bond acceptors (Lipinski definition) is 3. The van der Waals surface area contributed by atoms with Crippen molar-refractivity contribution < 1.29 is 14.0 Å². The smallest absolute Gasteiger partial charge is 0.233 e. The zero-order valence-corrected chi connectivity index (χ0v) is 14.5. The summed E-state index contributed by atoms with van der Waals surface area (Å²) in [5.74, 6) is -0.525. The van der Waals surface area contributed by atoms with Crippen molar-refractivity contribution in [3.05, 3.63) is 35.6 Å². The molecule has 0 atom stereocenters. The summed E-state index contributed by atoms with van der Waals surface area (Å²) in [6, 6.07) is 6.50. The maximum absolute atomic E-state index is 13.8. The van der Waals surface area contributed by atoms with Gasteiger partial charge < -0.3 is 10.6 Å². The van der Waals surface area contributed by atoms with Gasteiger partial charge in [-0.15, -0.1) is 0 Å². The van der Waals surface area contributed by atoms with Crippen molar-refractivity contribution in [2.45, 2.75) is 37.5 Å². The Kier molecular flexibility index (Phi) is 5.37. The van der Waals surface area contributed by atoms with Crippen molar-refractivity contribution in [1.82, 2.24) is 9.80 Å². The van der Waals surface area contributed by atoms with Gasteiger partial charge in [0.25, 0.3) is 0 Å². The molecule has 2 aliphatic rings. The minimum atomic E-state index is -0.596. The Balaban J connectivity index is 1.78. The highest BCUT2D eigenvalue weighted by Gasteiger charge is 2.45. The number of carbonyl (C=O) groups excluding carboxylic acids is 2. The molecule has 0 radical (unpaired) electrons. The van der Waals surface area contributed by atoms with Crippen LogP contribution in [-0.2, 0) is 15.0 Å². The number of rotatable bonds is 4. The van der Waals surface area contributed by atoms with Gasteiger partial charge in [-0.05, 0) is 37.0 Å². The molecule has 0 aromatic heterocycles. The molecule has 1 saturated carbocycles. The molecule has 1 aromatic carbocycles. The van der Waals surface area contributed by atoms with Gasteiger partial charge in [-0.3, -0.25) is 14.5 Å². The summed E-state index contributed by atoms with van der Waals surface area (Å²) in [4.78, 5) is 28.4. The highest BCUT2D eigenvalue weighted by Crippen LogP contribution is 2.43. The summed E-state index contributed by atoms with van der Waals surface area (Å²) < 4.78 is 13.8. The zero-order chi connectivity index (χ0) is 17.9. The number of amides is 2. The van der Waals surface area contributed by atoms with Gasteiger partial charge in [0.15, 0.2) is 0 Å². The average molecular weight is 347 g/mol. The lowest BCUT2D eigenvalue weighted by Crippen LogP contribution is -2.47. The standard InChI is InChI=1S/C19H26FN3O2/c20-16-6-3-5-15(13-16)19(7-1-2-8-19)18(25)23-10-4-9-22(11-12-23)14-17(21)24/h3,5-6,13H,1-2,4,7-12,14H2,(H2,21,24). The third-order valence-corrected chi connectivity index (χ3v) is 5.50.